The fraction of sp³-hybridized carbons (Fsp3) is 0.607. The third-order valence-corrected chi connectivity index (χ3v) is 6.83. The number of H-pyrrole nitrogens is 1. The van der Waals surface area contributed by atoms with Gasteiger partial charge in [-0.05, 0) is 58.4 Å². The van der Waals surface area contributed by atoms with Crippen LogP contribution in [0.2, 0.25) is 0 Å². The summed E-state index contributed by atoms with van der Waals surface area (Å²) in [5.74, 6) is 0.965. The van der Waals surface area contributed by atoms with Crippen molar-refractivity contribution in [1.29, 1.82) is 0 Å². The van der Waals surface area contributed by atoms with Gasteiger partial charge in [-0.3, -0.25) is 14.5 Å². The summed E-state index contributed by atoms with van der Waals surface area (Å²) in [6.45, 7) is 12.3. The number of nitrogens with one attached hydrogen (secondary N) is 2. The van der Waals surface area contributed by atoms with E-state index < -0.39 is 5.60 Å². The van der Waals surface area contributed by atoms with Gasteiger partial charge >= 0.3 is 5.97 Å². The van der Waals surface area contributed by atoms with Gasteiger partial charge < -0.3 is 15.0 Å². The lowest BCUT2D eigenvalue weighted by atomic mass is 9.83. The number of amides is 1. The zero-order chi connectivity index (χ0) is 25.6. The van der Waals surface area contributed by atoms with Crippen molar-refractivity contribution in [3.05, 3.63) is 54.1 Å². The lowest BCUT2D eigenvalue weighted by molar-refractivity contribution is -0.161. The molecule has 0 aliphatic carbocycles. The lowest BCUT2D eigenvalue weighted by Crippen LogP contribution is -2.54. The first-order chi connectivity index (χ1) is 16.6. The number of carbonyl (C=O) groups excluding carboxylic acids is 2. The van der Waals surface area contributed by atoms with Crippen molar-refractivity contribution in [2.75, 3.05) is 6.54 Å². The summed E-state index contributed by atoms with van der Waals surface area (Å²) in [6, 6.07) is 10.1. The Morgan fingerprint density at radius 3 is 2.54 bits per heavy atom. The van der Waals surface area contributed by atoms with E-state index in [4.69, 9.17) is 4.74 Å². The molecule has 1 aliphatic heterocycles. The number of aromatic nitrogens is 2. The highest BCUT2D eigenvalue weighted by atomic mass is 16.6. The average Bonchev–Trinajstić information content (AvgIpc) is 3.45. The number of hydrogen-bond acceptors (Lipinski definition) is 5. The molecule has 7 nitrogen and oxygen atoms in total. The molecule has 1 fully saturated rings. The van der Waals surface area contributed by atoms with Crippen LogP contribution in [0.1, 0.15) is 78.1 Å². The molecule has 0 radical (unpaired) electrons. The number of hydrogen-bond donors (Lipinski definition) is 2. The van der Waals surface area contributed by atoms with Crippen LogP contribution in [-0.2, 0) is 20.7 Å². The van der Waals surface area contributed by atoms with Crippen molar-refractivity contribution < 1.29 is 14.3 Å². The molecule has 1 aromatic heterocycles. The Balaban J connectivity index is 2.01. The first kappa shape index (κ1) is 26.9. The number of likely N-dealkylation sites (tertiary alicyclic amines) is 1. The topological polar surface area (TPSA) is 87.3 Å². The minimum absolute atomic E-state index is 0.0249. The highest BCUT2D eigenvalue weighted by molar-refractivity contribution is 5.77. The molecule has 192 valence electrons. The molecule has 2 heterocycles. The monoisotopic (exact) mass is 482 g/mol. The normalized spacial score (nSPS) is 21.3. The van der Waals surface area contributed by atoms with Crippen LogP contribution in [0, 0.1) is 5.92 Å². The van der Waals surface area contributed by atoms with Crippen LogP contribution < -0.4 is 5.32 Å². The molecule has 7 heteroatoms. The van der Waals surface area contributed by atoms with E-state index in [1.54, 1.807) is 13.1 Å². The number of benzene rings is 1. The van der Waals surface area contributed by atoms with Gasteiger partial charge in [-0.25, -0.2) is 4.98 Å². The van der Waals surface area contributed by atoms with Crippen molar-refractivity contribution in [2.45, 2.75) is 96.9 Å². The highest BCUT2D eigenvalue weighted by Crippen LogP contribution is 2.37. The van der Waals surface area contributed by atoms with E-state index in [1.807, 2.05) is 33.0 Å². The van der Waals surface area contributed by atoms with E-state index in [9.17, 15) is 9.59 Å². The summed E-state index contributed by atoms with van der Waals surface area (Å²) in [5, 5.41) is 3.14. The number of rotatable bonds is 10. The molecular formula is C28H42N4O3. The Bertz CT molecular complexity index is 939. The zero-order valence-electron chi connectivity index (χ0n) is 22.1. The van der Waals surface area contributed by atoms with Crippen molar-refractivity contribution in [3.63, 3.8) is 0 Å². The van der Waals surface area contributed by atoms with Crippen LogP contribution in [0.25, 0.3) is 0 Å². The van der Waals surface area contributed by atoms with Crippen molar-refractivity contribution >= 4 is 11.9 Å². The second-order valence-corrected chi connectivity index (χ2v) is 10.9. The standard InChI is InChI=1S/C28H42N4O3/c1-7-11-23(19(2)31-20(3)33)24(16-21-12-9-8-10-13-21)32-18-22(26-29-14-15-30-26)17-25(32)27(34)35-28(4,5)6/h8-10,12-15,19,22-25H,7,11,16-18H2,1-6H3,(H,29,30)(H,31,33)/t19?,22?,23-,24-,25?/m0/s1. The third kappa shape index (κ3) is 7.40. The van der Waals surface area contributed by atoms with E-state index in [0.29, 0.717) is 13.0 Å². The lowest BCUT2D eigenvalue weighted by Gasteiger charge is -2.41. The van der Waals surface area contributed by atoms with Crippen LogP contribution in [0.3, 0.4) is 0 Å². The maximum absolute atomic E-state index is 13.5. The molecule has 3 rings (SSSR count). The second-order valence-electron chi connectivity index (χ2n) is 10.9. The first-order valence-corrected chi connectivity index (χ1v) is 12.9. The number of imidazole rings is 1. The van der Waals surface area contributed by atoms with E-state index in [1.165, 1.54) is 5.56 Å². The molecular weight excluding hydrogens is 440 g/mol. The minimum Gasteiger partial charge on any atom is -0.459 e. The van der Waals surface area contributed by atoms with Gasteiger partial charge in [0.05, 0.1) is 0 Å². The molecule has 1 aromatic carbocycles. The first-order valence-electron chi connectivity index (χ1n) is 12.9. The molecule has 35 heavy (non-hydrogen) atoms. The van der Waals surface area contributed by atoms with E-state index >= 15 is 0 Å². The summed E-state index contributed by atoms with van der Waals surface area (Å²) in [7, 11) is 0. The highest BCUT2D eigenvalue weighted by Gasteiger charge is 2.46. The quantitative estimate of drug-likeness (QED) is 0.488. The fourth-order valence-corrected chi connectivity index (χ4v) is 5.43. The van der Waals surface area contributed by atoms with Crippen LogP contribution in [0.5, 0.6) is 0 Å². The molecule has 2 N–H and O–H groups in total. The molecule has 1 amide bonds. The zero-order valence-corrected chi connectivity index (χ0v) is 22.1. The molecule has 0 bridgehead atoms. The molecule has 1 saturated heterocycles. The molecule has 0 saturated carbocycles. The maximum Gasteiger partial charge on any atom is 0.323 e. The number of ether oxygens (including phenoxy) is 1. The van der Waals surface area contributed by atoms with Crippen LogP contribution in [-0.4, -0.2) is 57.0 Å². The Labute approximate surface area is 210 Å². The van der Waals surface area contributed by atoms with Crippen LogP contribution in [0.4, 0.5) is 0 Å². The molecule has 5 atom stereocenters. The summed E-state index contributed by atoms with van der Waals surface area (Å²) >= 11 is 0. The SMILES string of the molecule is CCC[C@@H](C(C)NC(C)=O)[C@H](Cc1ccccc1)N1CC(c2ncc[nH]2)CC1C(=O)OC(C)(C)C. The van der Waals surface area contributed by atoms with Gasteiger partial charge in [0.15, 0.2) is 0 Å². The molecule has 3 unspecified atom stereocenters. The van der Waals surface area contributed by atoms with Crippen molar-refractivity contribution in [2.24, 2.45) is 5.92 Å². The Hall–Kier alpha value is -2.67. The molecule has 1 aliphatic rings. The summed E-state index contributed by atoms with van der Waals surface area (Å²) in [6.07, 6.45) is 6.98. The molecule has 2 aromatic rings. The van der Waals surface area contributed by atoms with Crippen molar-refractivity contribution in [1.82, 2.24) is 20.2 Å². The fourth-order valence-electron chi connectivity index (χ4n) is 5.43. The predicted octanol–water partition coefficient (Wildman–Crippen LogP) is 4.46. The van der Waals surface area contributed by atoms with E-state index in [2.05, 4.69) is 58.3 Å². The molecule has 0 spiro atoms. The van der Waals surface area contributed by atoms with Gasteiger partial charge in [0, 0.05) is 43.9 Å². The van der Waals surface area contributed by atoms with Crippen LogP contribution >= 0.6 is 0 Å². The van der Waals surface area contributed by atoms with Gasteiger partial charge in [-0.2, -0.15) is 0 Å². The van der Waals surface area contributed by atoms with E-state index in [-0.39, 0.29) is 41.8 Å². The Morgan fingerprint density at radius 1 is 1.26 bits per heavy atom. The van der Waals surface area contributed by atoms with Gasteiger partial charge in [0.25, 0.3) is 0 Å². The smallest absolute Gasteiger partial charge is 0.323 e. The van der Waals surface area contributed by atoms with Gasteiger partial charge in [-0.1, -0.05) is 43.7 Å². The third-order valence-electron chi connectivity index (χ3n) is 6.83. The number of nitrogens with zero attached hydrogens (tertiary/aromatic N) is 2. The number of aromatic amines is 1. The average molecular weight is 483 g/mol. The van der Waals surface area contributed by atoms with Crippen LogP contribution in [0.15, 0.2) is 42.7 Å². The van der Waals surface area contributed by atoms with Gasteiger partial charge in [0.1, 0.15) is 17.5 Å². The second kappa shape index (κ2) is 11.8. The van der Waals surface area contributed by atoms with E-state index in [0.717, 1.165) is 25.1 Å². The Kier molecular flexibility index (Phi) is 9.11. The number of carbonyl (C=O) groups is 2. The summed E-state index contributed by atoms with van der Waals surface area (Å²) in [5.41, 5.74) is 0.658. The number of esters is 1. The Morgan fingerprint density at radius 2 is 1.97 bits per heavy atom. The van der Waals surface area contributed by atoms with Gasteiger partial charge in [0.2, 0.25) is 5.91 Å². The minimum atomic E-state index is -0.563. The summed E-state index contributed by atoms with van der Waals surface area (Å²) < 4.78 is 5.90. The maximum atomic E-state index is 13.5. The van der Waals surface area contributed by atoms with Gasteiger partial charge in [-0.15, -0.1) is 0 Å². The predicted molar refractivity (Wildman–Crippen MR) is 138 cm³/mol. The largest absolute Gasteiger partial charge is 0.459 e. The van der Waals surface area contributed by atoms with Crippen molar-refractivity contribution in [3.8, 4) is 0 Å². The summed E-state index contributed by atoms with van der Waals surface area (Å²) in [4.78, 5) is 35.6.